The van der Waals surface area contributed by atoms with Gasteiger partial charge in [-0.05, 0) is 54.2 Å². The molecule has 0 amide bonds. The topological polar surface area (TPSA) is 21.3 Å². The van der Waals surface area contributed by atoms with Crippen LogP contribution in [0.5, 0.6) is 5.75 Å². The number of ether oxygens (including phenoxy) is 1. The highest BCUT2D eigenvalue weighted by molar-refractivity contribution is 5.28. The number of nitrogens with one attached hydrogen (secondary N) is 1. The number of methoxy groups -OCH3 is 1. The molecule has 110 valence electrons. The molecular weight excluding hydrogens is 265 g/mol. The summed E-state index contributed by atoms with van der Waals surface area (Å²) in [4.78, 5) is 0. The molecule has 1 saturated carbocycles. The van der Waals surface area contributed by atoms with Crippen LogP contribution in [0, 0.1) is 5.82 Å². The maximum Gasteiger partial charge on any atom is 0.123 e. The van der Waals surface area contributed by atoms with Crippen LogP contribution >= 0.6 is 0 Å². The molecule has 3 rings (SSSR count). The predicted octanol–water partition coefficient (Wildman–Crippen LogP) is 3.87. The molecule has 1 aliphatic carbocycles. The third-order valence-electron chi connectivity index (χ3n) is 4.19. The van der Waals surface area contributed by atoms with Gasteiger partial charge in [0.2, 0.25) is 0 Å². The number of rotatable bonds is 5. The van der Waals surface area contributed by atoms with E-state index in [1.165, 1.54) is 11.6 Å². The average Bonchev–Trinajstić information content (AvgIpc) is 2.46. The maximum absolute atomic E-state index is 13.2. The average molecular weight is 285 g/mol. The van der Waals surface area contributed by atoms with Gasteiger partial charge in [-0.15, -0.1) is 0 Å². The van der Waals surface area contributed by atoms with Crippen LogP contribution in [0.3, 0.4) is 0 Å². The van der Waals surface area contributed by atoms with Crippen molar-refractivity contribution in [1.29, 1.82) is 0 Å². The van der Waals surface area contributed by atoms with Gasteiger partial charge in [0.15, 0.2) is 0 Å². The molecule has 2 nitrogen and oxygen atoms in total. The lowest BCUT2D eigenvalue weighted by Crippen LogP contribution is -2.39. The Morgan fingerprint density at radius 1 is 1.14 bits per heavy atom. The van der Waals surface area contributed by atoms with Gasteiger partial charge in [-0.25, -0.2) is 4.39 Å². The van der Waals surface area contributed by atoms with Crippen molar-refractivity contribution in [3.05, 3.63) is 65.5 Å². The molecule has 0 unspecified atom stereocenters. The first kappa shape index (κ1) is 14.1. The molecule has 0 bridgehead atoms. The maximum atomic E-state index is 13.2. The molecule has 1 N–H and O–H groups in total. The monoisotopic (exact) mass is 285 g/mol. The van der Waals surface area contributed by atoms with E-state index in [1.807, 2.05) is 18.2 Å². The lowest BCUT2D eigenvalue weighted by atomic mass is 9.76. The Balaban J connectivity index is 1.49. The second-order valence-electron chi connectivity index (χ2n) is 5.65. The SMILES string of the molecule is COc1cccc(CNC2CC(c3cccc(F)c3)C2)c1. The van der Waals surface area contributed by atoms with E-state index in [-0.39, 0.29) is 5.82 Å². The summed E-state index contributed by atoms with van der Waals surface area (Å²) in [5, 5.41) is 3.55. The van der Waals surface area contributed by atoms with Crippen molar-refractivity contribution in [3.63, 3.8) is 0 Å². The van der Waals surface area contributed by atoms with Crippen LogP contribution in [0.25, 0.3) is 0 Å². The van der Waals surface area contributed by atoms with Crippen molar-refractivity contribution in [1.82, 2.24) is 5.32 Å². The van der Waals surface area contributed by atoms with E-state index < -0.39 is 0 Å². The van der Waals surface area contributed by atoms with Crippen LogP contribution < -0.4 is 10.1 Å². The largest absolute Gasteiger partial charge is 0.497 e. The van der Waals surface area contributed by atoms with Crippen molar-refractivity contribution >= 4 is 0 Å². The van der Waals surface area contributed by atoms with Crippen LogP contribution in [0.4, 0.5) is 4.39 Å². The first-order valence-corrected chi connectivity index (χ1v) is 7.36. The molecule has 0 aromatic heterocycles. The van der Waals surface area contributed by atoms with Crippen molar-refractivity contribution in [2.45, 2.75) is 31.3 Å². The van der Waals surface area contributed by atoms with Gasteiger partial charge < -0.3 is 10.1 Å². The molecule has 0 spiro atoms. The molecule has 0 heterocycles. The van der Waals surface area contributed by atoms with E-state index >= 15 is 0 Å². The van der Waals surface area contributed by atoms with E-state index in [1.54, 1.807) is 19.2 Å². The van der Waals surface area contributed by atoms with Crippen molar-refractivity contribution in [2.75, 3.05) is 7.11 Å². The lowest BCUT2D eigenvalue weighted by molar-refractivity contribution is 0.289. The van der Waals surface area contributed by atoms with Gasteiger partial charge in [0.1, 0.15) is 11.6 Å². The minimum absolute atomic E-state index is 0.139. The summed E-state index contributed by atoms with van der Waals surface area (Å²) in [5.74, 6) is 1.24. The lowest BCUT2D eigenvalue weighted by Gasteiger charge is -2.36. The van der Waals surface area contributed by atoms with E-state index in [0.717, 1.165) is 30.7 Å². The number of hydrogen-bond donors (Lipinski definition) is 1. The second-order valence-corrected chi connectivity index (χ2v) is 5.65. The fraction of sp³-hybridized carbons (Fsp3) is 0.333. The summed E-state index contributed by atoms with van der Waals surface area (Å²) in [7, 11) is 1.68. The minimum Gasteiger partial charge on any atom is -0.497 e. The molecule has 0 saturated heterocycles. The molecule has 2 aromatic rings. The van der Waals surface area contributed by atoms with Crippen LogP contribution in [-0.4, -0.2) is 13.2 Å². The number of hydrogen-bond acceptors (Lipinski definition) is 2. The molecule has 0 aliphatic heterocycles. The first-order chi connectivity index (χ1) is 10.2. The molecule has 21 heavy (non-hydrogen) atoms. The van der Waals surface area contributed by atoms with Crippen LogP contribution in [0.2, 0.25) is 0 Å². The third-order valence-corrected chi connectivity index (χ3v) is 4.19. The van der Waals surface area contributed by atoms with Gasteiger partial charge in [-0.3, -0.25) is 0 Å². The fourth-order valence-electron chi connectivity index (χ4n) is 2.86. The van der Waals surface area contributed by atoms with Gasteiger partial charge in [-0.2, -0.15) is 0 Å². The summed E-state index contributed by atoms with van der Waals surface area (Å²) >= 11 is 0. The first-order valence-electron chi connectivity index (χ1n) is 7.36. The van der Waals surface area contributed by atoms with Gasteiger partial charge in [-0.1, -0.05) is 24.3 Å². The summed E-state index contributed by atoms with van der Waals surface area (Å²) in [5.41, 5.74) is 2.35. The zero-order chi connectivity index (χ0) is 14.7. The zero-order valence-electron chi connectivity index (χ0n) is 12.2. The van der Waals surface area contributed by atoms with Crippen LogP contribution in [0.1, 0.15) is 29.9 Å². The van der Waals surface area contributed by atoms with E-state index in [4.69, 9.17) is 4.74 Å². The van der Waals surface area contributed by atoms with E-state index in [9.17, 15) is 4.39 Å². The van der Waals surface area contributed by atoms with E-state index in [0.29, 0.717) is 12.0 Å². The quantitative estimate of drug-likeness (QED) is 0.900. The van der Waals surface area contributed by atoms with Crippen LogP contribution in [0.15, 0.2) is 48.5 Å². The summed E-state index contributed by atoms with van der Waals surface area (Å²) in [6, 6.07) is 15.6. The summed E-state index contributed by atoms with van der Waals surface area (Å²) in [6.07, 6.45) is 2.15. The Bertz CT molecular complexity index is 608. The highest BCUT2D eigenvalue weighted by atomic mass is 19.1. The van der Waals surface area contributed by atoms with Crippen molar-refractivity contribution in [3.8, 4) is 5.75 Å². The number of benzene rings is 2. The molecule has 1 fully saturated rings. The highest BCUT2D eigenvalue weighted by Crippen LogP contribution is 2.37. The second kappa shape index (κ2) is 6.27. The third kappa shape index (κ3) is 3.42. The Hall–Kier alpha value is -1.87. The summed E-state index contributed by atoms with van der Waals surface area (Å²) < 4.78 is 18.4. The number of halogens is 1. The molecule has 0 atom stereocenters. The molecule has 2 aromatic carbocycles. The molecule has 3 heteroatoms. The predicted molar refractivity (Wildman–Crippen MR) is 82.0 cm³/mol. The molecule has 0 radical (unpaired) electrons. The molecular formula is C18H20FNO. The van der Waals surface area contributed by atoms with Gasteiger partial charge >= 0.3 is 0 Å². The molecule has 1 aliphatic rings. The summed E-state index contributed by atoms with van der Waals surface area (Å²) in [6.45, 7) is 0.845. The van der Waals surface area contributed by atoms with Gasteiger partial charge in [0, 0.05) is 12.6 Å². The van der Waals surface area contributed by atoms with Gasteiger partial charge in [0.25, 0.3) is 0 Å². The van der Waals surface area contributed by atoms with Crippen molar-refractivity contribution in [2.24, 2.45) is 0 Å². The normalized spacial score (nSPS) is 20.9. The van der Waals surface area contributed by atoms with Crippen LogP contribution in [-0.2, 0) is 6.54 Å². The fourth-order valence-corrected chi connectivity index (χ4v) is 2.86. The zero-order valence-corrected chi connectivity index (χ0v) is 12.2. The van der Waals surface area contributed by atoms with Gasteiger partial charge in [0.05, 0.1) is 7.11 Å². The van der Waals surface area contributed by atoms with Crippen molar-refractivity contribution < 1.29 is 9.13 Å². The Morgan fingerprint density at radius 2 is 1.95 bits per heavy atom. The standard InChI is InChI=1S/C18H20FNO/c1-21-18-7-2-4-13(8-18)12-20-17-10-15(11-17)14-5-3-6-16(19)9-14/h2-9,15,17,20H,10-12H2,1H3. The van der Waals surface area contributed by atoms with E-state index in [2.05, 4.69) is 17.4 Å². The Kier molecular flexibility index (Phi) is 4.20. The minimum atomic E-state index is -0.139. The smallest absolute Gasteiger partial charge is 0.123 e. The highest BCUT2D eigenvalue weighted by Gasteiger charge is 2.29. The Morgan fingerprint density at radius 3 is 2.71 bits per heavy atom. The Labute approximate surface area is 125 Å².